The maximum absolute atomic E-state index is 12.5. The number of halogens is 3. The molecule has 1 aliphatic heterocycles. The van der Waals surface area contributed by atoms with Crippen LogP contribution in [0.4, 0.5) is 13.2 Å². The monoisotopic (exact) mass is 301 g/mol. The minimum atomic E-state index is -4.34. The number of hydrogen-bond acceptors (Lipinski definition) is 2. The van der Waals surface area contributed by atoms with Gasteiger partial charge in [-0.2, -0.15) is 13.2 Å². The molecule has 2 rings (SSSR count). The van der Waals surface area contributed by atoms with Crippen LogP contribution in [0.1, 0.15) is 36.8 Å². The molecule has 0 aromatic heterocycles. The van der Waals surface area contributed by atoms with Gasteiger partial charge in [-0.05, 0) is 37.1 Å². The van der Waals surface area contributed by atoms with Crippen molar-refractivity contribution >= 4 is 5.97 Å². The van der Waals surface area contributed by atoms with Crippen LogP contribution in [-0.4, -0.2) is 28.6 Å². The summed E-state index contributed by atoms with van der Waals surface area (Å²) in [6.45, 7) is 1.03. The van der Waals surface area contributed by atoms with E-state index in [-0.39, 0.29) is 0 Å². The highest BCUT2D eigenvalue weighted by molar-refractivity contribution is 5.73. The molecule has 1 heterocycles. The zero-order valence-electron chi connectivity index (χ0n) is 11.6. The van der Waals surface area contributed by atoms with Crippen molar-refractivity contribution in [1.82, 2.24) is 4.90 Å². The summed E-state index contributed by atoms with van der Waals surface area (Å²) in [6.07, 6.45) is -0.959. The fourth-order valence-electron chi connectivity index (χ4n) is 2.67. The van der Waals surface area contributed by atoms with Crippen molar-refractivity contribution in [3.63, 3.8) is 0 Å². The lowest BCUT2D eigenvalue weighted by atomic mass is 10.1. The number of benzene rings is 1. The van der Waals surface area contributed by atoms with Crippen LogP contribution in [0.2, 0.25) is 0 Å². The first-order valence-corrected chi connectivity index (χ1v) is 7.01. The van der Waals surface area contributed by atoms with E-state index >= 15 is 0 Å². The molecular weight excluding hydrogens is 283 g/mol. The molecule has 0 radical (unpaired) electrons. The summed E-state index contributed by atoms with van der Waals surface area (Å²) in [6, 6.07) is 4.39. The third-order valence-electron chi connectivity index (χ3n) is 3.82. The summed E-state index contributed by atoms with van der Waals surface area (Å²) in [5, 5.41) is 9.27. The molecule has 1 unspecified atom stereocenters. The summed E-state index contributed by atoms with van der Waals surface area (Å²) in [5.41, 5.74) is 0.0213. The molecule has 6 heteroatoms. The molecule has 1 fully saturated rings. The number of nitrogens with zero attached hydrogens (tertiary/aromatic N) is 1. The van der Waals surface area contributed by atoms with Gasteiger partial charge >= 0.3 is 12.1 Å². The maximum atomic E-state index is 12.5. The molecule has 1 atom stereocenters. The number of aliphatic carboxylic acids is 1. The van der Waals surface area contributed by atoms with Crippen LogP contribution in [0, 0.1) is 0 Å². The predicted octanol–water partition coefficient (Wildman–Crippen LogP) is 3.53. The smallest absolute Gasteiger partial charge is 0.416 e. The average Bonchev–Trinajstić information content (AvgIpc) is 2.64. The fraction of sp³-hybridized carbons (Fsp3) is 0.533. The Morgan fingerprint density at radius 1 is 1.19 bits per heavy atom. The van der Waals surface area contributed by atoms with Gasteiger partial charge < -0.3 is 5.11 Å². The van der Waals surface area contributed by atoms with Crippen LogP contribution in [-0.2, 0) is 17.5 Å². The van der Waals surface area contributed by atoms with E-state index < -0.39 is 23.8 Å². The second-order valence-electron chi connectivity index (χ2n) is 5.37. The van der Waals surface area contributed by atoms with Crippen molar-refractivity contribution in [2.75, 3.05) is 6.54 Å². The SMILES string of the molecule is O=C(O)C1CCCCCN1Cc1ccc(C(F)(F)F)cc1. The number of carboxylic acid groups (broad SMARTS) is 1. The van der Waals surface area contributed by atoms with Crippen LogP contribution in [0.25, 0.3) is 0 Å². The van der Waals surface area contributed by atoms with Crippen molar-refractivity contribution in [3.05, 3.63) is 35.4 Å². The molecule has 21 heavy (non-hydrogen) atoms. The Morgan fingerprint density at radius 2 is 1.86 bits per heavy atom. The summed E-state index contributed by atoms with van der Waals surface area (Å²) in [7, 11) is 0. The van der Waals surface area contributed by atoms with E-state index in [1.807, 2.05) is 4.90 Å². The number of carbonyl (C=O) groups is 1. The Bertz CT molecular complexity index is 485. The number of rotatable bonds is 3. The summed E-state index contributed by atoms with van der Waals surface area (Å²) in [4.78, 5) is 13.1. The molecule has 0 spiro atoms. The standard InChI is InChI=1S/C15H18F3NO2/c16-15(17,18)12-7-5-11(6-8-12)10-19-9-3-1-2-4-13(19)14(20)21/h5-8,13H,1-4,9-10H2,(H,20,21). The topological polar surface area (TPSA) is 40.5 Å². The van der Waals surface area contributed by atoms with Gasteiger partial charge in [0.2, 0.25) is 0 Å². The molecule has 1 saturated heterocycles. The highest BCUT2D eigenvalue weighted by Crippen LogP contribution is 2.29. The molecule has 1 aromatic rings. The summed E-state index contributed by atoms with van der Waals surface area (Å²) >= 11 is 0. The number of hydrogen-bond donors (Lipinski definition) is 1. The second kappa shape index (κ2) is 6.47. The Labute approximate surface area is 121 Å². The number of likely N-dealkylation sites (tertiary alicyclic amines) is 1. The van der Waals surface area contributed by atoms with Crippen LogP contribution < -0.4 is 0 Å². The van der Waals surface area contributed by atoms with Gasteiger partial charge in [-0.1, -0.05) is 25.0 Å². The minimum absolute atomic E-state index is 0.370. The third-order valence-corrected chi connectivity index (χ3v) is 3.82. The Balaban J connectivity index is 2.09. The second-order valence-corrected chi connectivity index (χ2v) is 5.37. The van der Waals surface area contributed by atoms with E-state index in [1.165, 1.54) is 12.1 Å². The van der Waals surface area contributed by atoms with Crippen LogP contribution >= 0.6 is 0 Å². The highest BCUT2D eigenvalue weighted by atomic mass is 19.4. The van der Waals surface area contributed by atoms with E-state index in [1.54, 1.807) is 0 Å². The quantitative estimate of drug-likeness (QED) is 0.928. The van der Waals surface area contributed by atoms with Crippen LogP contribution in [0.15, 0.2) is 24.3 Å². The Morgan fingerprint density at radius 3 is 2.43 bits per heavy atom. The predicted molar refractivity (Wildman–Crippen MR) is 71.7 cm³/mol. The average molecular weight is 301 g/mol. The van der Waals surface area contributed by atoms with Gasteiger partial charge in [0.25, 0.3) is 0 Å². The number of carboxylic acids is 1. The largest absolute Gasteiger partial charge is 0.480 e. The lowest BCUT2D eigenvalue weighted by Crippen LogP contribution is -2.40. The summed E-state index contributed by atoms with van der Waals surface area (Å²) < 4.78 is 37.5. The van der Waals surface area contributed by atoms with E-state index in [0.29, 0.717) is 25.1 Å². The molecule has 3 nitrogen and oxygen atoms in total. The molecule has 116 valence electrons. The molecular formula is C15H18F3NO2. The molecule has 1 N–H and O–H groups in total. The van der Waals surface area contributed by atoms with Crippen molar-refractivity contribution in [1.29, 1.82) is 0 Å². The van der Waals surface area contributed by atoms with Gasteiger partial charge in [0.05, 0.1) is 5.56 Å². The minimum Gasteiger partial charge on any atom is -0.480 e. The molecule has 1 aromatic carbocycles. The van der Waals surface area contributed by atoms with E-state index in [0.717, 1.165) is 31.4 Å². The lowest BCUT2D eigenvalue weighted by Gasteiger charge is -2.26. The van der Waals surface area contributed by atoms with E-state index in [2.05, 4.69) is 0 Å². The van der Waals surface area contributed by atoms with E-state index in [4.69, 9.17) is 0 Å². The van der Waals surface area contributed by atoms with Gasteiger partial charge in [0.1, 0.15) is 6.04 Å². The number of alkyl halides is 3. The van der Waals surface area contributed by atoms with Crippen LogP contribution in [0.5, 0.6) is 0 Å². The van der Waals surface area contributed by atoms with Crippen LogP contribution in [0.3, 0.4) is 0 Å². The van der Waals surface area contributed by atoms with Gasteiger partial charge in [-0.3, -0.25) is 9.69 Å². The zero-order valence-corrected chi connectivity index (χ0v) is 11.6. The molecule has 0 saturated carbocycles. The molecule has 0 bridgehead atoms. The lowest BCUT2D eigenvalue weighted by molar-refractivity contribution is -0.143. The first-order valence-electron chi connectivity index (χ1n) is 7.01. The summed E-state index contributed by atoms with van der Waals surface area (Å²) in [5.74, 6) is -0.858. The molecule has 0 amide bonds. The normalized spacial score (nSPS) is 21.0. The third kappa shape index (κ3) is 4.20. The Hall–Kier alpha value is -1.56. The van der Waals surface area contributed by atoms with Crippen molar-refractivity contribution in [3.8, 4) is 0 Å². The molecule has 1 aliphatic rings. The van der Waals surface area contributed by atoms with E-state index in [9.17, 15) is 23.1 Å². The van der Waals surface area contributed by atoms with Crippen molar-refractivity contribution < 1.29 is 23.1 Å². The maximum Gasteiger partial charge on any atom is 0.416 e. The van der Waals surface area contributed by atoms with Crippen molar-refractivity contribution in [2.24, 2.45) is 0 Å². The highest BCUT2D eigenvalue weighted by Gasteiger charge is 2.30. The first-order chi connectivity index (χ1) is 9.88. The van der Waals surface area contributed by atoms with Gasteiger partial charge in [-0.25, -0.2) is 0 Å². The zero-order chi connectivity index (χ0) is 15.5. The van der Waals surface area contributed by atoms with Gasteiger partial charge in [0.15, 0.2) is 0 Å². The van der Waals surface area contributed by atoms with Crippen molar-refractivity contribution in [2.45, 2.75) is 44.4 Å². The van der Waals surface area contributed by atoms with Gasteiger partial charge in [0, 0.05) is 6.54 Å². The first kappa shape index (κ1) is 15.8. The van der Waals surface area contributed by atoms with Gasteiger partial charge in [-0.15, -0.1) is 0 Å². The fourth-order valence-corrected chi connectivity index (χ4v) is 2.67. The molecule has 0 aliphatic carbocycles. The Kier molecular flexibility index (Phi) is 4.88.